The van der Waals surface area contributed by atoms with Crippen molar-refractivity contribution in [1.29, 1.82) is 10.8 Å². The Morgan fingerprint density at radius 3 is 2.50 bits per heavy atom. The molecule has 1 saturated carbocycles. The molecule has 1 aliphatic rings. The molecule has 4 N–H and O–H groups in total. The van der Waals surface area contributed by atoms with E-state index in [9.17, 15) is 0 Å². The summed E-state index contributed by atoms with van der Waals surface area (Å²) in [6.07, 6.45) is 5.57. The van der Waals surface area contributed by atoms with Crippen LogP contribution in [0.25, 0.3) is 0 Å². The van der Waals surface area contributed by atoms with Gasteiger partial charge in [-0.1, -0.05) is 0 Å². The summed E-state index contributed by atoms with van der Waals surface area (Å²) in [5.74, 6) is 0.803. The molecule has 0 aromatic heterocycles. The zero-order valence-corrected chi connectivity index (χ0v) is 12.5. The molecule has 0 aliphatic heterocycles. The molecule has 0 unspecified atom stereocenters. The maximum Gasteiger partial charge on any atom is 0.0848 e. The summed E-state index contributed by atoms with van der Waals surface area (Å²) in [4.78, 5) is 0. The van der Waals surface area contributed by atoms with Gasteiger partial charge < -0.3 is 21.5 Å². The van der Waals surface area contributed by atoms with E-state index in [0.717, 1.165) is 28.3 Å². The number of hydrogen-bond acceptors (Lipinski definition) is 4. The molecule has 0 spiro atoms. The van der Waals surface area contributed by atoms with Gasteiger partial charge in [0, 0.05) is 36.3 Å². The summed E-state index contributed by atoms with van der Waals surface area (Å²) in [6, 6.07) is 0. The van der Waals surface area contributed by atoms with Gasteiger partial charge >= 0.3 is 0 Å². The van der Waals surface area contributed by atoms with Crippen LogP contribution in [-0.4, -0.2) is 25.0 Å². The van der Waals surface area contributed by atoms with Crippen LogP contribution in [0, 0.1) is 16.7 Å². The van der Waals surface area contributed by atoms with E-state index >= 15 is 0 Å². The highest BCUT2D eigenvalue weighted by atomic mass is 79.9. The molecule has 0 radical (unpaired) electrons. The molecule has 1 aliphatic carbocycles. The van der Waals surface area contributed by atoms with E-state index in [1.165, 1.54) is 19.1 Å². The summed E-state index contributed by atoms with van der Waals surface area (Å²) in [5.41, 5.74) is 2.39. The predicted octanol–water partition coefficient (Wildman–Crippen LogP) is 2.78. The van der Waals surface area contributed by atoms with Crippen LogP contribution in [0.15, 0.2) is 22.0 Å². The van der Waals surface area contributed by atoms with Crippen LogP contribution >= 0.6 is 15.9 Å². The number of hydrogen-bond donors (Lipinski definition) is 4. The standard InChI is InChI=1S/C13H21BrN4/c1-9(5-6-15)17-8-12(10(2)16)13(14)18-7-11-3-4-11/h5-6,11,15-18H,3-4,7-8H2,1-2H3/b9-5-,13-12-,15-6?,16-10?. The monoisotopic (exact) mass is 312 g/mol. The topological polar surface area (TPSA) is 71.8 Å². The van der Waals surface area contributed by atoms with E-state index in [2.05, 4.69) is 26.6 Å². The SMILES string of the molecule is CC(=N)/C(CN/C(C)=C\C=N)=C(/Br)NCC1CC1. The Morgan fingerprint density at radius 2 is 2.00 bits per heavy atom. The maximum atomic E-state index is 7.80. The molecule has 0 atom stereocenters. The van der Waals surface area contributed by atoms with Crippen molar-refractivity contribution < 1.29 is 0 Å². The van der Waals surface area contributed by atoms with Gasteiger partial charge in [0.25, 0.3) is 0 Å². The second-order valence-corrected chi connectivity index (χ2v) is 5.40. The largest absolute Gasteiger partial charge is 0.384 e. The Labute approximate surface area is 117 Å². The lowest BCUT2D eigenvalue weighted by atomic mass is 10.2. The van der Waals surface area contributed by atoms with Gasteiger partial charge in [0.2, 0.25) is 0 Å². The molecule has 0 aromatic rings. The lowest BCUT2D eigenvalue weighted by molar-refractivity contribution is 0.735. The van der Waals surface area contributed by atoms with Gasteiger partial charge in [-0.2, -0.15) is 0 Å². The second-order valence-electron chi connectivity index (χ2n) is 4.61. The number of rotatable bonds is 8. The van der Waals surface area contributed by atoms with E-state index < -0.39 is 0 Å². The average molecular weight is 313 g/mol. The minimum absolute atomic E-state index is 0.542. The van der Waals surface area contributed by atoms with Crippen LogP contribution in [0.1, 0.15) is 26.7 Å². The summed E-state index contributed by atoms with van der Waals surface area (Å²) < 4.78 is 0.900. The first-order valence-electron chi connectivity index (χ1n) is 6.14. The predicted molar refractivity (Wildman–Crippen MR) is 80.6 cm³/mol. The Hall–Kier alpha value is -1.10. The van der Waals surface area contributed by atoms with Crippen molar-refractivity contribution in [3.63, 3.8) is 0 Å². The van der Waals surface area contributed by atoms with Crippen LogP contribution in [0.3, 0.4) is 0 Å². The first kappa shape index (κ1) is 15.0. The Balaban J connectivity index is 2.55. The quantitative estimate of drug-likeness (QED) is 0.411. The van der Waals surface area contributed by atoms with Crippen molar-refractivity contribution in [3.8, 4) is 0 Å². The minimum Gasteiger partial charge on any atom is -0.384 e. The lowest BCUT2D eigenvalue weighted by Crippen LogP contribution is -2.23. The first-order chi connectivity index (χ1) is 8.54. The smallest absolute Gasteiger partial charge is 0.0848 e. The highest BCUT2D eigenvalue weighted by Gasteiger charge is 2.21. The van der Waals surface area contributed by atoms with Gasteiger partial charge in [0.15, 0.2) is 0 Å². The van der Waals surface area contributed by atoms with E-state index in [1.54, 1.807) is 13.0 Å². The van der Waals surface area contributed by atoms with E-state index in [4.69, 9.17) is 10.8 Å². The fraction of sp³-hybridized carbons (Fsp3) is 0.538. The normalized spacial score (nSPS) is 16.9. The van der Waals surface area contributed by atoms with Crippen LogP contribution in [0.2, 0.25) is 0 Å². The summed E-state index contributed by atoms with van der Waals surface area (Å²) in [5, 5.41) is 21.3. The molecule has 0 heterocycles. The molecule has 5 heteroatoms. The maximum absolute atomic E-state index is 7.80. The first-order valence-corrected chi connectivity index (χ1v) is 6.93. The molecule has 4 nitrogen and oxygen atoms in total. The van der Waals surface area contributed by atoms with Gasteiger partial charge in [0.1, 0.15) is 0 Å². The van der Waals surface area contributed by atoms with Gasteiger partial charge in [0.05, 0.1) is 4.61 Å². The van der Waals surface area contributed by atoms with E-state index in [0.29, 0.717) is 12.3 Å². The molecule has 0 saturated heterocycles. The van der Waals surface area contributed by atoms with Gasteiger partial charge in [-0.15, -0.1) is 0 Å². The van der Waals surface area contributed by atoms with Crippen LogP contribution in [-0.2, 0) is 0 Å². The fourth-order valence-corrected chi connectivity index (χ4v) is 2.05. The average Bonchev–Trinajstić information content (AvgIpc) is 3.10. The van der Waals surface area contributed by atoms with Crippen LogP contribution < -0.4 is 10.6 Å². The highest BCUT2D eigenvalue weighted by molar-refractivity contribution is 9.11. The third-order valence-corrected chi connectivity index (χ3v) is 3.60. The van der Waals surface area contributed by atoms with Crippen LogP contribution in [0.4, 0.5) is 0 Å². The minimum atomic E-state index is 0.542. The third kappa shape index (κ3) is 5.49. The number of nitrogens with one attached hydrogen (secondary N) is 4. The molecule has 18 heavy (non-hydrogen) atoms. The summed E-state index contributed by atoms with van der Waals surface area (Å²) >= 11 is 3.51. The van der Waals surface area contributed by atoms with E-state index in [-0.39, 0.29) is 0 Å². The molecule has 1 rings (SSSR count). The van der Waals surface area contributed by atoms with E-state index in [1.807, 2.05) is 6.92 Å². The van der Waals surface area contributed by atoms with Crippen molar-refractivity contribution in [3.05, 3.63) is 22.0 Å². The van der Waals surface area contributed by atoms with Gasteiger partial charge in [-0.05, 0) is 54.6 Å². The van der Waals surface area contributed by atoms with Gasteiger partial charge in [-0.3, -0.25) is 0 Å². The Kier molecular flexibility index (Phi) is 6.12. The molecule has 0 bridgehead atoms. The molecular formula is C13H21BrN4. The van der Waals surface area contributed by atoms with Gasteiger partial charge in [-0.25, -0.2) is 0 Å². The van der Waals surface area contributed by atoms with Crippen LogP contribution in [0.5, 0.6) is 0 Å². The highest BCUT2D eigenvalue weighted by Crippen LogP contribution is 2.28. The van der Waals surface area contributed by atoms with Crippen molar-refractivity contribution in [2.24, 2.45) is 5.92 Å². The number of halogens is 1. The molecular weight excluding hydrogens is 292 g/mol. The number of allylic oxidation sites excluding steroid dienone is 2. The lowest BCUT2D eigenvalue weighted by Gasteiger charge is -2.13. The Morgan fingerprint density at radius 1 is 1.33 bits per heavy atom. The second kappa shape index (κ2) is 7.36. The Bertz CT molecular complexity index is 380. The summed E-state index contributed by atoms with van der Waals surface area (Å²) in [6.45, 7) is 5.26. The third-order valence-electron chi connectivity index (χ3n) is 2.84. The molecule has 100 valence electrons. The van der Waals surface area contributed by atoms with Crippen molar-refractivity contribution in [2.45, 2.75) is 26.7 Å². The van der Waals surface area contributed by atoms with Crippen molar-refractivity contribution >= 4 is 27.9 Å². The van der Waals surface area contributed by atoms with Crippen molar-refractivity contribution in [1.82, 2.24) is 10.6 Å². The molecule has 1 fully saturated rings. The summed E-state index contributed by atoms with van der Waals surface area (Å²) in [7, 11) is 0. The zero-order valence-electron chi connectivity index (χ0n) is 10.9. The molecule has 0 amide bonds. The molecule has 0 aromatic carbocycles. The fourth-order valence-electron chi connectivity index (χ4n) is 1.45. The van der Waals surface area contributed by atoms with Crippen molar-refractivity contribution in [2.75, 3.05) is 13.1 Å². The zero-order chi connectivity index (χ0) is 13.5.